The maximum Gasteiger partial charge on any atom is 0.254 e. The number of hydrogen-bond acceptors (Lipinski definition) is 4. The van der Waals surface area contributed by atoms with Crippen molar-refractivity contribution in [2.45, 2.75) is 44.2 Å². The number of piperidine rings is 2. The maximum atomic E-state index is 13.5. The molecule has 3 heterocycles. The number of benzene rings is 3. The highest BCUT2D eigenvalue weighted by atomic mass is 16.5. The first-order valence-corrected chi connectivity index (χ1v) is 14.1. The summed E-state index contributed by atoms with van der Waals surface area (Å²) in [5.74, 6) is 0.0222. The van der Waals surface area contributed by atoms with E-state index in [2.05, 4.69) is 77.4 Å². The Balaban J connectivity index is 1.12. The molecule has 0 N–H and O–H groups in total. The third-order valence-electron chi connectivity index (χ3n) is 8.83. The average molecular weight is 521 g/mol. The first-order valence-electron chi connectivity index (χ1n) is 14.1. The number of likely N-dealkylation sites (tertiary alicyclic amines) is 2. The van der Waals surface area contributed by atoms with Crippen LogP contribution >= 0.6 is 0 Å². The van der Waals surface area contributed by atoms with Crippen LogP contribution in [0.25, 0.3) is 10.9 Å². The molecule has 2 aliphatic heterocycles. The van der Waals surface area contributed by atoms with Crippen LogP contribution in [0, 0.1) is 5.21 Å². The Hall–Kier alpha value is -3.90. The highest BCUT2D eigenvalue weighted by molar-refractivity contribution is 6.05. The molecule has 3 aromatic carbocycles. The summed E-state index contributed by atoms with van der Waals surface area (Å²) in [6, 6.07) is 30.9. The predicted molar refractivity (Wildman–Crippen MR) is 156 cm³/mol. The molecule has 0 aliphatic carbocycles. The molecule has 0 saturated carbocycles. The van der Waals surface area contributed by atoms with Crippen molar-refractivity contribution >= 4 is 28.2 Å². The monoisotopic (exact) mass is 520 g/mol. The molecule has 0 spiro atoms. The molecular formula is C33H36N4O2. The Kier molecular flexibility index (Phi) is 6.96. The van der Waals surface area contributed by atoms with Crippen molar-refractivity contribution in [1.82, 2.24) is 9.80 Å². The smallest absolute Gasteiger partial charge is 0.254 e. The van der Waals surface area contributed by atoms with Crippen LogP contribution < -0.4 is 9.63 Å². The van der Waals surface area contributed by atoms with E-state index in [9.17, 15) is 10.0 Å². The van der Waals surface area contributed by atoms with Gasteiger partial charge < -0.3 is 15.0 Å². The maximum absolute atomic E-state index is 13.5. The number of aromatic nitrogens is 1. The topological polar surface area (TPSA) is 53.7 Å². The highest BCUT2D eigenvalue weighted by Crippen LogP contribution is 2.36. The van der Waals surface area contributed by atoms with Crippen molar-refractivity contribution in [3.8, 4) is 0 Å². The van der Waals surface area contributed by atoms with Gasteiger partial charge in [0, 0.05) is 61.3 Å². The average Bonchev–Trinajstić information content (AvgIpc) is 2.99. The van der Waals surface area contributed by atoms with Gasteiger partial charge in [-0.05, 0) is 62.9 Å². The van der Waals surface area contributed by atoms with E-state index in [1.807, 2.05) is 23.1 Å². The predicted octanol–water partition coefficient (Wildman–Crippen LogP) is 5.77. The lowest BCUT2D eigenvalue weighted by atomic mass is 9.85. The first kappa shape index (κ1) is 25.4. The second-order valence-electron chi connectivity index (χ2n) is 11.1. The molecule has 2 saturated heterocycles. The van der Waals surface area contributed by atoms with Gasteiger partial charge in [0.05, 0.1) is 10.9 Å². The molecule has 6 rings (SSSR count). The van der Waals surface area contributed by atoms with Crippen molar-refractivity contribution in [2.75, 3.05) is 31.1 Å². The van der Waals surface area contributed by atoms with Crippen molar-refractivity contribution < 1.29 is 9.52 Å². The molecule has 0 unspecified atom stereocenters. The van der Waals surface area contributed by atoms with Crippen LogP contribution in [0.3, 0.4) is 0 Å². The van der Waals surface area contributed by atoms with Gasteiger partial charge in [0.15, 0.2) is 6.20 Å². The lowest BCUT2D eigenvalue weighted by molar-refractivity contribution is -0.577. The van der Waals surface area contributed by atoms with Gasteiger partial charge in [0.25, 0.3) is 5.91 Å². The number of carbonyl (C=O) groups excluding carboxylic acids is 1. The van der Waals surface area contributed by atoms with Gasteiger partial charge in [0.1, 0.15) is 0 Å². The van der Waals surface area contributed by atoms with Gasteiger partial charge in [-0.15, -0.1) is 0 Å². The number of fused-ring (bicyclic) bond motifs is 1. The van der Waals surface area contributed by atoms with Crippen molar-refractivity contribution in [3.05, 3.63) is 108 Å². The minimum absolute atomic E-state index is 0.0222. The van der Waals surface area contributed by atoms with E-state index in [1.165, 1.54) is 17.6 Å². The second-order valence-corrected chi connectivity index (χ2v) is 11.1. The van der Waals surface area contributed by atoms with E-state index in [4.69, 9.17) is 0 Å². The summed E-state index contributed by atoms with van der Waals surface area (Å²) in [6.45, 7) is 5.95. The van der Waals surface area contributed by atoms with E-state index in [0.29, 0.717) is 17.1 Å². The zero-order chi connectivity index (χ0) is 26.8. The Labute approximate surface area is 230 Å². The van der Waals surface area contributed by atoms with Crippen LogP contribution in [0.15, 0.2) is 97.2 Å². The second kappa shape index (κ2) is 10.7. The van der Waals surface area contributed by atoms with E-state index >= 15 is 0 Å². The number of amides is 1. The third kappa shape index (κ3) is 4.97. The molecule has 2 fully saturated rings. The molecule has 0 bridgehead atoms. The summed E-state index contributed by atoms with van der Waals surface area (Å²) in [5, 5.41) is 12.9. The fraction of sp³-hybridized carbons (Fsp3) is 0.333. The lowest BCUT2D eigenvalue weighted by Crippen LogP contribution is -2.57. The molecule has 6 nitrogen and oxygen atoms in total. The summed E-state index contributed by atoms with van der Waals surface area (Å²) in [4.78, 5) is 20.6. The number of carbonyl (C=O) groups is 1. The molecule has 39 heavy (non-hydrogen) atoms. The summed E-state index contributed by atoms with van der Waals surface area (Å²) >= 11 is 0. The molecular weight excluding hydrogens is 484 g/mol. The molecule has 2 aliphatic rings. The molecule has 6 heteroatoms. The summed E-state index contributed by atoms with van der Waals surface area (Å²) in [5.41, 5.74) is 3.73. The van der Waals surface area contributed by atoms with Crippen LogP contribution in [0.2, 0.25) is 0 Å². The Morgan fingerprint density at radius 3 is 2.00 bits per heavy atom. The number of nitrogens with zero attached hydrogens (tertiary/aromatic N) is 4. The summed E-state index contributed by atoms with van der Waals surface area (Å²) in [6.07, 6.45) is 5.57. The number of hydrogen-bond donors (Lipinski definition) is 0. The van der Waals surface area contributed by atoms with Crippen LogP contribution in [0.4, 0.5) is 11.4 Å². The number of rotatable bonds is 5. The highest BCUT2D eigenvalue weighted by Gasteiger charge is 2.39. The fourth-order valence-corrected chi connectivity index (χ4v) is 6.48. The van der Waals surface area contributed by atoms with Gasteiger partial charge >= 0.3 is 0 Å². The Bertz CT molecular complexity index is 1390. The molecule has 0 atom stereocenters. The SMILES string of the molecule is CC1(N2CCC(N(c3ccccc3)c3ccccc3)CC2)CCN(C(=O)c2cc[n+]([O-])c3ccccc23)CC1. The van der Waals surface area contributed by atoms with E-state index in [-0.39, 0.29) is 11.4 Å². The van der Waals surface area contributed by atoms with E-state index < -0.39 is 0 Å². The minimum atomic E-state index is 0.0222. The third-order valence-corrected chi connectivity index (χ3v) is 8.83. The molecule has 200 valence electrons. The number of anilines is 2. The molecule has 1 aromatic heterocycles. The van der Waals surface area contributed by atoms with Gasteiger partial charge in [0.2, 0.25) is 5.52 Å². The van der Waals surface area contributed by atoms with Gasteiger partial charge in [-0.1, -0.05) is 48.5 Å². The molecule has 1 amide bonds. The van der Waals surface area contributed by atoms with E-state index in [1.54, 1.807) is 12.1 Å². The number of para-hydroxylation sites is 3. The van der Waals surface area contributed by atoms with E-state index in [0.717, 1.165) is 62.0 Å². The van der Waals surface area contributed by atoms with Crippen LogP contribution in [-0.2, 0) is 0 Å². The van der Waals surface area contributed by atoms with Crippen LogP contribution in [0.1, 0.15) is 43.0 Å². The standard InChI is InChI=1S/C33H36N4O2/c1-33(19-24-34(25-20-33)32(38)30-18-23-36(39)31-15-9-8-14-29(30)31)35-21-16-28(17-22-35)37(26-10-4-2-5-11-26)27-12-6-3-7-13-27/h2-15,18,23,28H,16-17,19-22,24-25H2,1H3. The molecule has 4 aromatic rings. The van der Waals surface area contributed by atoms with Crippen molar-refractivity contribution in [2.24, 2.45) is 0 Å². The van der Waals surface area contributed by atoms with Gasteiger partial charge in [-0.25, -0.2) is 0 Å². The van der Waals surface area contributed by atoms with Crippen LogP contribution in [0.5, 0.6) is 0 Å². The zero-order valence-corrected chi connectivity index (χ0v) is 22.6. The molecule has 0 radical (unpaired) electrons. The van der Waals surface area contributed by atoms with Crippen LogP contribution in [-0.4, -0.2) is 53.5 Å². The Morgan fingerprint density at radius 2 is 1.38 bits per heavy atom. The summed E-state index contributed by atoms with van der Waals surface area (Å²) < 4.78 is 0.833. The van der Waals surface area contributed by atoms with Crippen molar-refractivity contribution in [3.63, 3.8) is 0 Å². The fourth-order valence-electron chi connectivity index (χ4n) is 6.48. The summed E-state index contributed by atoms with van der Waals surface area (Å²) in [7, 11) is 0. The normalized spacial score (nSPS) is 18.2. The lowest BCUT2D eigenvalue weighted by Gasteiger charge is -2.50. The zero-order valence-electron chi connectivity index (χ0n) is 22.6. The number of pyridine rings is 1. The largest absolute Gasteiger partial charge is 0.618 e. The quantitative estimate of drug-likeness (QED) is 0.248. The van der Waals surface area contributed by atoms with Gasteiger partial charge in [-0.3, -0.25) is 9.69 Å². The Morgan fingerprint density at radius 1 is 0.821 bits per heavy atom. The first-order chi connectivity index (χ1) is 19.0. The minimum Gasteiger partial charge on any atom is -0.618 e. The van der Waals surface area contributed by atoms with Gasteiger partial charge in [-0.2, -0.15) is 4.73 Å². The van der Waals surface area contributed by atoms with Crippen molar-refractivity contribution in [1.29, 1.82) is 0 Å².